The van der Waals surface area contributed by atoms with Crippen molar-refractivity contribution in [3.63, 3.8) is 0 Å². The van der Waals surface area contributed by atoms with E-state index in [-0.39, 0.29) is 11.4 Å². The first kappa shape index (κ1) is 14.2. The Morgan fingerprint density at radius 3 is 2.55 bits per heavy atom. The highest BCUT2D eigenvalue weighted by atomic mass is 79.9. The van der Waals surface area contributed by atoms with Crippen molar-refractivity contribution in [1.82, 2.24) is 0 Å². The maximum Gasteiger partial charge on any atom is 0.335 e. The van der Waals surface area contributed by atoms with Gasteiger partial charge in [-0.05, 0) is 57.9 Å². The molecule has 0 spiro atoms. The molecular formula is C14H10BrFN2O2. The van der Waals surface area contributed by atoms with Crippen LogP contribution in [0.3, 0.4) is 0 Å². The minimum atomic E-state index is -0.976. The number of carbonyl (C=O) groups is 1. The number of rotatable bonds is 4. The highest BCUT2D eigenvalue weighted by Gasteiger charge is 2.01. The molecule has 2 aromatic carbocycles. The van der Waals surface area contributed by atoms with Gasteiger partial charge in [0.15, 0.2) is 0 Å². The first-order chi connectivity index (χ1) is 9.56. The van der Waals surface area contributed by atoms with Gasteiger partial charge in [-0.2, -0.15) is 5.10 Å². The Labute approximate surface area is 123 Å². The van der Waals surface area contributed by atoms with Gasteiger partial charge in [-0.1, -0.05) is 6.07 Å². The predicted octanol–water partition coefficient (Wildman–Crippen LogP) is 3.73. The molecule has 102 valence electrons. The summed E-state index contributed by atoms with van der Waals surface area (Å²) in [6.45, 7) is 0. The van der Waals surface area contributed by atoms with Crippen molar-refractivity contribution in [2.45, 2.75) is 0 Å². The number of nitrogens with one attached hydrogen (secondary N) is 1. The summed E-state index contributed by atoms with van der Waals surface area (Å²) in [5.41, 5.74) is 4.36. The molecule has 0 saturated heterocycles. The Balaban J connectivity index is 2.02. The first-order valence-electron chi connectivity index (χ1n) is 5.64. The maximum absolute atomic E-state index is 13.0. The van der Waals surface area contributed by atoms with Crippen LogP contribution in [0.25, 0.3) is 0 Å². The highest BCUT2D eigenvalue weighted by Crippen LogP contribution is 2.16. The van der Waals surface area contributed by atoms with E-state index in [1.807, 2.05) is 0 Å². The van der Waals surface area contributed by atoms with E-state index < -0.39 is 5.97 Å². The molecule has 0 aliphatic rings. The molecule has 2 aromatic rings. The van der Waals surface area contributed by atoms with Crippen molar-refractivity contribution in [2.24, 2.45) is 5.10 Å². The van der Waals surface area contributed by atoms with Crippen LogP contribution in [-0.2, 0) is 0 Å². The van der Waals surface area contributed by atoms with Gasteiger partial charge in [-0.25, -0.2) is 9.18 Å². The van der Waals surface area contributed by atoms with Crippen molar-refractivity contribution in [3.8, 4) is 0 Å². The molecule has 0 unspecified atom stereocenters. The smallest absolute Gasteiger partial charge is 0.335 e. The number of hydrogen-bond acceptors (Lipinski definition) is 3. The van der Waals surface area contributed by atoms with Crippen molar-refractivity contribution in [2.75, 3.05) is 5.43 Å². The average molecular weight is 337 g/mol. The van der Waals surface area contributed by atoms with Crippen LogP contribution < -0.4 is 5.43 Å². The third-order valence-electron chi connectivity index (χ3n) is 2.48. The third-order valence-corrected chi connectivity index (χ3v) is 3.09. The fourth-order valence-electron chi connectivity index (χ4n) is 1.46. The minimum absolute atomic E-state index is 0.210. The van der Waals surface area contributed by atoms with Gasteiger partial charge in [0.2, 0.25) is 0 Å². The summed E-state index contributed by atoms with van der Waals surface area (Å²) in [5, 5.41) is 12.8. The zero-order valence-corrected chi connectivity index (χ0v) is 11.8. The highest BCUT2D eigenvalue weighted by molar-refractivity contribution is 9.10. The van der Waals surface area contributed by atoms with Crippen LogP contribution in [0, 0.1) is 5.82 Å². The molecule has 0 aliphatic heterocycles. The first-order valence-corrected chi connectivity index (χ1v) is 6.43. The number of hydrazone groups is 1. The molecule has 0 atom stereocenters. The Hall–Kier alpha value is -2.21. The normalized spacial score (nSPS) is 10.7. The number of halogens is 2. The standard InChI is InChI=1S/C14H10BrFN2O2/c15-12-7-9(1-6-13(12)16)8-17-18-11-4-2-10(3-5-11)14(19)20/h1-8,18H,(H,19,20)/b17-8-. The van der Waals surface area contributed by atoms with Crippen LogP contribution in [0.1, 0.15) is 15.9 Å². The van der Waals surface area contributed by atoms with Crippen LogP contribution >= 0.6 is 15.9 Å². The van der Waals surface area contributed by atoms with Crippen LogP contribution in [-0.4, -0.2) is 17.3 Å². The van der Waals surface area contributed by atoms with E-state index >= 15 is 0 Å². The predicted molar refractivity (Wildman–Crippen MR) is 78.7 cm³/mol. The van der Waals surface area contributed by atoms with Crippen molar-refractivity contribution < 1.29 is 14.3 Å². The van der Waals surface area contributed by atoms with E-state index in [2.05, 4.69) is 26.5 Å². The van der Waals surface area contributed by atoms with Crippen molar-refractivity contribution in [3.05, 3.63) is 63.9 Å². The van der Waals surface area contributed by atoms with Gasteiger partial charge < -0.3 is 5.11 Å². The summed E-state index contributed by atoms with van der Waals surface area (Å²) in [5.74, 6) is -1.31. The van der Waals surface area contributed by atoms with E-state index in [0.717, 1.165) is 5.56 Å². The lowest BCUT2D eigenvalue weighted by Gasteiger charge is -2.01. The van der Waals surface area contributed by atoms with E-state index in [9.17, 15) is 9.18 Å². The second-order valence-electron chi connectivity index (χ2n) is 3.93. The molecule has 2 N–H and O–H groups in total. The molecule has 0 saturated carbocycles. The number of carboxylic acid groups (broad SMARTS) is 1. The van der Waals surface area contributed by atoms with Gasteiger partial charge in [-0.3, -0.25) is 5.43 Å². The van der Waals surface area contributed by atoms with Crippen molar-refractivity contribution >= 4 is 33.8 Å². The number of nitrogens with zero attached hydrogens (tertiary/aromatic N) is 1. The number of aromatic carboxylic acids is 1. The Morgan fingerprint density at radius 2 is 1.95 bits per heavy atom. The fraction of sp³-hybridized carbons (Fsp3) is 0. The third kappa shape index (κ3) is 3.64. The van der Waals surface area contributed by atoms with Gasteiger partial charge in [0, 0.05) is 0 Å². The number of carboxylic acids is 1. The van der Waals surface area contributed by atoms with Gasteiger partial charge in [0.1, 0.15) is 5.82 Å². The Morgan fingerprint density at radius 1 is 1.25 bits per heavy atom. The molecule has 0 bridgehead atoms. The van der Waals surface area contributed by atoms with Crippen LogP contribution in [0.15, 0.2) is 52.0 Å². The van der Waals surface area contributed by atoms with E-state index in [1.54, 1.807) is 24.3 Å². The summed E-state index contributed by atoms with van der Waals surface area (Å²) in [4.78, 5) is 10.7. The van der Waals surface area contributed by atoms with Gasteiger partial charge >= 0.3 is 5.97 Å². The number of benzene rings is 2. The molecule has 6 heteroatoms. The quantitative estimate of drug-likeness (QED) is 0.660. The molecule has 4 nitrogen and oxygen atoms in total. The Kier molecular flexibility index (Phi) is 4.47. The van der Waals surface area contributed by atoms with Crippen LogP contribution in [0.2, 0.25) is 0 Å². The number of anilines is 1. The van der Waals surface area contributed by atoms with E-state index in [1.165, 1.54) is 24.4 Å². The zero-order valence-electron chi connectivity index (χ0n) is 10.2. The summed E-state index contributed by atoms with van der Waals surface area (Å²) < 4.78 is 13.4. The summed E-state index contributed by atoms with van der Waals surface area (Å²) in [7, 11) is 0. The fourth-order valence-corrected chi connectivity index (χ4v) is 1.86. The van der Waals surface area contributed by atoms with Crippen LogP contribution in [0.4, 0.5) is 10.1 Å². The van der Waals surface area contributed by atoms with Gasteiger partial charge in [0.05, 0.1) is 21.9 Å². The van der Waals surface area contributed by atoms with Crippen molar-refractivity contribution in [1.29, 1.82) is 0 Å². The zero-order chi connectivity index (χ0) is 14.5. The second-order valence-corrected chi connectivity index (χ2v) is 4.78. The molecule has 0 amide bonds. The minimum Gasteiger partial charge on any atom is -0.478 e. The molecule has 0 aromatic heterocycles. The lowest BCUT2D eigenvalue weighted by atomic mass is 10.2. The molecule has 0 radical (unpaired) electrons. The second kappa shape index (κ2) is 6.29. The number of hydrogen-bond donors (Lipinski definition) is 2. The summed E-state index contributed by atoms with van der Waals surface area (Å²) in [6, 6.07) is 10.7. The molecular weight excluding hydrogens is 327 g/mol. The SMILES string of the molecule is O=C(O)c1ccc(N/N=C\c2ccc(F)c(Br)c2)cc1. The van der Waals surface area contributed by atoms with E-state index in [4.69, 9.17) is 5.11 Å². The molecule has 2 rings (SSSR count). The maximum atomic E-state index is 13.0. The van der Waals surface area contributed by atoms with Crippen LogP contribution in [0.5, 0.6) is 0 Å². The molecule has 0 fully saturated rings. The lowest BCUT2D eigenvalue weighted by molar-refractivity contribution is 0.0697. The topological polar surface area (TPSA) is 61.7 Å². The average Bonchev–Trinajstić information content (AvgIpc) is 2.43. The van der Waals surface area contributed by atoms with Gasteiger partial charge in [-0.15, -0.1) is 0 Å². The summed E-state index contributed by atoms with van der Waals surface area (Å²) >= 11 is 3.09. The molecule has 0 heterocycles. The lowest BCUT2D eigenvalue weighted by Crippen LogP contribution is -1.96. The monoisotopic (exact) mass is 336 g/mol. The molecule has 20 heavy (non-hydrogen) atoms. The van der Waals surface area contributed by atoms with Gasteiger partial charge in [0.25, 0.3) is 0 Å². The van der Waals surface area contributed by atoms with E-state index in [0.29, 0.717) is 10.2 Å². The Bertz CT molecular complexity index is 657. The molecule has 0 aliphatic carbocycles. The summed E-state index contributed by atoms with van der Waals surface area (Å²) in [6.07, 6.45) is 1.54. The largest absolute Gasteiger partial charge is 0.478 e.